The number of fused-ring (bicyclic) bond motifs is 1. The van der Waals surface area contributed by atoms with E-state index in [1.54, 1.807) is 12.3 Å². The molecule has 0 atom stereocenters. The van der Waals surface area contributed by atoms with Crippen LogP contribution in [-0.4, -0.2) is 28.3 Å². The fourth-order valence-electron chi connectivity index (χ4n) is 1.55. The number of hydrogen-bond donors (Lipinski definition) is 1. The Balaban J connectivity index is 2.75. The lowest BCUT2D eigenvalue weighted by atomic mass is 10.2. The number of rotatable bonds is 2. The maximum atomic E-state index is 12.0. The number of ether oxygens (including phenoxy) is 1. The topological polar surface area (TPSA) is 85.6 Å². The van der Waals surface area contributed by atoms with Crippen LogP contribution in [-0.2, 0) is 4.74 Å². The molecule has 0 bridgehead atoms. The molecule has 2 rings (SSSR count). The molecule has 0 aliphatic rings. The van der Waals surface area contributed by atoms with Crippen LogP contribution in [0.4, 0.5) is 4.79 Å². The van der Waals surface area contributed by atoms with Crippen LogP contribution in [0, 0.1) is 0 Å². The number of aromatic nitrogens is 1. The second-order valence-electron chi connectivity index (χ2n) is 3.38. The molecule has 0 unspecified atom stereocenters. The third-order valence-corrected chi connectivity index (χ3v) is 3.22. The number of thiophene rings is 1. The van der Waals surface area contributed by atoms with Crippen molar-refractivity contribution in [2.24, 2.45) is 0 Å². The highest BCUT2D eigenvalue weighted by molar-refractivity contribution is 7.17. The Labute approximate surface area is 105 Å². The number of nitrogens with zero attached hydrogens (tertiary/aromatic N) is 1. The highest BCUT2D eigenvalue weighted by Gasteiger charge is 2.19. The molecule has 94 valence electrons. The average molecular weight is 267 g/mol. The molecule has 0 aliphatic heterocycles. The molecule has 0 spiro atoms. The summed E-state index contributed by atoms with van der Waals surface area (Å²) in [7, 11) is 0. The number of esters is 1. The SMILES string of the molecule is CCOC(=O)c1cn(C(=O)O)c2ccsc2c1=O. The van der Waals surface area contributed by atoms with Gasteiger partial charge in [-0.2, -0.15) is 0 Å². The van der Waals surface area contributed by atoms with Crippen LogP contribution in [0.1, 0.15) is 17.3 Å². The van der Waals surface area contributed by atoms with Crippen LogP contribution in [0.25, 0.3) is 10.2 Å². The van der Waals surface area contributed by atoms with Crippen LogP contribution in [0.15, 0.2) is 22.4 Å². The first-order valence-corrected chi connectivity index (χ1v) is 5.97. The Morgan fingerprint density at radius 1 is 1.50 bits per heavy atom. The Hall–Kier alpha value is -2.15. The first kappa shape index (κ1) is 12.3. The normalized spacial score (nSPS) is 10.5. The molecule has 2 aromatic rings. The van der Waals surface area contributed by atoms with Gasteiger partial charge in [-0.25, -0.2) is 9.59 Å². The summed E-state index contributed by atoms with van der Waals surface area (Å²) >= 11 is 1.09. The number of carbonyl (C=O) groups is 2. The highest BCUT2D eigenvalue weighted by Crippen LogP contribution is 2.18. The largest absolute Gasteiger partial charge is 0.464 e. The monoisotopic (exact) mass is 267 g/mol. The summed E-state index contributed by atoms with van der Waals surface area (Å²) < 4.78 is 5.80. The smallest absolute Gasteiger partial charge is 0.416 e. The molecule has 1 N–H and O–H groups in total. The van der Waals surface area contributed by atoms with Gasteiger partial charge in [0.15, 0.2) is 0 Å². The van der Waals surface area contributed by atoms with E-state index in [0.717, 1.165) is 22.1 Å². The van der Waals surface area contributed by atoms with Crippen molar-refractivity contribution in [3.63, 3.8) is 0 Å². The van der Waals surface area contributed by atoms with E-state index in [9.17, 15) is 14.4 Å². The zero-order valence-electron chi connectivity index (χ0n) is 9.37. The summed E-state index contributed by atoms with van der Waals surface area (Å²) in [6.07, 6.45) is -0.263. The van der Waals surface area contributed by atoms with Gasteiger partial charge in [0.2, 0.25) is 5.43 Å². The number of carbonyl (C=O) groups excluding carboxylic acids is 1. The number of carboxylic acid groups (broad SMARTS) is 1. The van der Waals surface area contributed by atoms with Crippen LogP contribution >= 0.6 is 11.3 Å². The van der Waals surface area contributed by atoms with Crippen molar-refractivity contribution in [2.45, 2.75) is 6.92 Å². The molecular weight excluding hydrogens is 258 g/mol. The van der Waals surface area contributed by atoms with E-state index in [-0.39, 0.29) is 22.4 Å². The molecule has 6 nitrogen and oxygen atoms in total. The van der Waals surface area contributed by atoms with Crippen molar-refractivity contribution >= 4 is 33.6 Å². The van der Waals surface area contributed by atoms with Crippen molar-refractivity contribution in [2.75, 3.05) is 6.61 Å². The zero-order valence-corrected chi connectivity index (χ0v) is 10.2. The lowest BCUT2D eigenvalue weighted by Gasteiger charge is -2.05. The van der Waals surface area contributed by atoms with Crippen LogP contribution < -0.4 is 5.43 Å². The van der Waals surface area contributed by atoms with E-state index in [2.05, 4.69) is 0 Å². The van der Waals surface area contributed by atoms with Crippen LogP contribution in [0.3, 0.4) is 0 Å². The molecule has 0 amide bonds. The number of hydrogen-bond acceptors (Lipinski definition) is 5. The minimum absolute atomic E-state index is 0.119. The van der Waals surface area contributed by atoms with Gasteiger partial charge in [0.05, 0.1) is 16.8 Å². The highest BCUT2D eigenvalue weighted by atomic mass is 32.1. The molecular formula is C11H9NO5S. The van der Waals surface area contributed by atoms with E-state index in [1.165, 1.54) is 6.07 Å². The van der Waals surface area contributed by atoms with Crippen molar-refractivity contribution in [1.29, 1.82) is 0 Å². The van der Waals surface area contributed by atoms with E-state index in [0.29, 0.717) is 0 Å². The minimum atomic E-state index is -1.26. The predicted molar refractivity (Wildman–Crippen MR) is 65.5 cm³/mol. The van der Waals surface area contributed by atoms with Gasteiger partial charge in [-0.1, -0.05) is 0 Å². The average Bonchev–Trinajstić information content (AvgIpc) is 2.78. The second-order valence-corrected chi connectivity index (χ2v) is 4.30. The summed E-state index contributed by atoms with van der Waals surface area (Å²) in [6, 6.07) is 1.52. The van der Waals surface area contributed by atoms with Gasteiger partial charge in [0, 0.05) is 6.20 Å². The van der Waals surface area contributed by atoms with Crippen molar-refractivity contribution in [1.82, 2.24) is 4.57 Å². The van der Waals surface area contributed by atoms with Gasteiger partial charge in [-0.05, 0) is 18.4 Å². The quantitative estimate of drug-likeness (QED) is 0.838. The first-order valence-electron chi connectivity index (χ1n) is 5.09. The maximum Gasteiger partial charge on any atom is 0.416 e. The third kappa shape index (κ3) is 1.88. The Bertz CT molecular complexity index is 684. The molecule has 0 aromatic carbocycles. The molecule has 7 heteroatoms. The van der Waals surface area contributed by atoms with Crippen LogP contribution in [0.5, 0.6) is 0 Å². The minimum Gasteiger partial charge on any atom is -0.464 e. The lowest BCUT2D eigenvalue weighted by Crippen LogP contribution is -2.22. The van der Waals surface area contributed by atoms with Crippen LogP contribution in [0.2, 0.25) is 0 Å². The molecule has 0 saturated carbocycles. The lowest BCUT2D eigenvalue weighted by molar-refractivity contribution is 0.0524. The molecule has 2 heterocycles. The summed E-state index contributed by atoms with van der Waals surface area (Å²) in [5.74, 6) is -0.812. The first-order chi connectivity index (χ1) is 8.56. The Morgan fingerprint density at radius 3 is 2.83 bits per heavy atom. The van der Waals surface area contributed by atoms with Crippen molar-refractivity contribution < 1.29 is 19.4 Å². The van der Waals surface area contributed by atoms with E-state index < -0.39 is 17.5 Å². The fourth-order valence-corrected chi connectivity index (χ4v) is 2.39. The molecule has 0 aliphatic carbocycles. The predicted octanol–water partition coefficient (Wildman–Crippen LogP) is 1.77. The molecule has 0 fully saturated rings. The molecule has 18 heavy (non-hydrogen) atoms. The summed E-state index contributed by atoms with van der Waals surface area (Å²) in [5.41, 5.74) is -0.504. The molecule has 0 saturated heterocycles. The van der Waals surface area contributed by atoms with Gasteiger partial charge in [-0.15, -0.1) is 11.3 Å². The van der Waals surface area contributed by atoms with E-state index in [4.69, 9.17) is 9.84 Å². The van der Waals surface area contributed by atoms with E-state index >= 15 is 0 Å². The number of pyridine rings is 1. The van der Waals surface area contributed by atoms with Gasteiger partial charge in [0.25, 0.3) is 0 Å². The Kier molecular flexibility index (Phi) is 3.15. The second kappa shape index (κ2) is 4.61. The zero-order chi connectivity index (χ0) is 13.3. The standard InChI is InChI=1S/C11H9NO5S/c1-2-17-10(14)6-5-12(11(15)16)7-3-4-18-9(7)8(6)13/h3-5H,2H2,1H3,(H,15,16). The molecule has 2 aromatic heterocycles. The summed E-state index contributed by atoms with van der Waals surface area (Å²) in [5, 5.41) is 10.6. The van der Waals surface area contributed by atoms with Gasteiger partial charge >= 0.3 is 12.1 Å². The van der Waals surface area contributed by atoms with Crippen molar-refractivity contribution in [3.8, 4) is 0 Å². The van der Waals surface area contributed by atoms with E-state index in [1.807, 2.05) is 0 Å². The maximum absolute atomic E-state index is 12.0. The van der Waals surface area contributed by atoms with Gasteiger partial charge < -0.3 is 9.84 Å². The molecule has 0 radical (unpaired) electrons. The third-order valence-electron chi connectivity index (χ3n) is 2.31. The summed E-state index contributed by atoms with van der Waals surface area (Å²) in [6.45, 7) is 1.73. The van der Waals surface area contributed by atoms with Gasteiger partial charge in [0.1, 0.15) is 5.56 Å². The van der Waals surface area contributed by atoms with Gasteiger partial charge in [-0.3, -0.25) is 9.36 Å². The Morgan fingerprint density at radius 2 is 2.22 bits per heavy atom. The summed E-state index contributed by atoms with van der Waals surface area (Å²) in [4.78, 5) is 34.6. The van der Waals surface area contributed by atoms with Crippen molar-refractivity contribution in [3.05, 3.63) is 33.4 Å². The fraction of sp³-hybridized carbons (Fsp3) is 0.182.